The molecular formula is C14H15N2. The molecule has 0 aliphatic rings. The van der Waals surface area contributed by atoms with Crippen molar-refractivity contribution < 1.29 is 0 Å². The van der Waals surface area contributed by atoms with Crippen molar-refractivity contribution >= 4 is 11.4 Å². The Morgan fingerprint density at radius 1 is 1.00 bits per heavy atom. The average molecular weight is 211 g/mol. The predicted molar refractivity (Wildman–Crippen MR) is 69.5 cm³/mol. The maximum absolute atomic E-state index is 5.67. The first kappa shape index (κ1) is 10.6. The van der Waals surface area contributed by atoms with Crippen LogP contribution in [0.1, 0.15) is 0 Å². The minimum Gasteiger partial charge on any atom is -0.399 e. The Hall–Kier alpha value is -1.96. The summed E-state index contributed by atoms with van der Waals surface area (Å²) in [5.41, 5.74) is 9.89. The lowest BCUT2D eigenvalue weighted by molar-refractivity contribution is 1.13. The molecule has 0 saturated carbocycles. The molecule has 2 aromatic rings. The third kappa shape index (κ3) is 2.16. The molecule has 0 unspecified atom stereocenters. The highest BCUT2D eigenvalue weighted by atomic mass is 15.1. The fraction of sp³-hybridized carbons (Fsp3) is 0.143. The molecule has 0 saturated heterocycles. The van der Waals surface area contributed by atoms with E-state index in [0.29, 0.717) is 0 Å². The molecule has 0 heterocycles. The van der Waals surface area contributed by atoms with Gasteiger partial charge in [0.25, 0.3) is 0 Å². The fourth-order valence-corrected chi connectivity index (χ4v) is 1.57. The summed E-state index contributed by atoms with van der Waals surface area (Å²) in [6, 6.07) is 17.2. The van der Waals surface area contributed by atoms with E-state index in [-0.39, 0.29) is 0 Å². The Balaban J connectivity index is 2.40. The van der Waals surface area contributed by atoms with Crippen molar-refractivity contribution in [3.05, 3.63) is 48.5 Å². The number of rotatable bonds is 2. The van der Waals surface area contributed by atoms with Crippen LogP contribution in [0.25, 0.3) is 11.1 Å². The topological polar surface area (TPSA) is 29.3 Å². The number of hydrogen-bond acceptors (Lipinski definition) is 2. The summed E-state index contributed by atoms with van der Waals surface area (Å²) in [4.78, 5) is 2.04. The summed E-state index contributed by atoms with van der Waals surface area (Å²) in [7, 11) is 4.02. The molecule has 0 aliphatic carbocycles. The van der Waals surface area contributed by atoms with Crippen molar-refractivity contribution in [2.75, 3.05) is 24.7 Å². The van der Waals surface area contributed by atoms with Gasteiger partial charge in [0.15, 0.2) is 0 Å². The van der Waals surface area contributed by atoms with Crippen LogP contribution in [0.2, 0.25) is 0 Å². The quantitative estimate of drug-likeness (QED) is 0.774. The van der Waals surface area contributed by atoms with Gasteiger partial charge in [0.05, 0.1) is 0 Å². The highest BCUT2D eigenvalue weighted by molar-refractivity contribution is 5.69. The van der Waals surface area contributed by atoms with Crippen LogP contribution >= 0.6 is 0 Å². The molecule has 0 bridgehead atoms. The van der Waals surface area contributed by atoms with Crippen LogP contribution in [0.5, 0.6) is 0 Å². The zero-order valence-corrected chi connectivity index (χ0v) is 9.57. The van der Waals surface area contributed by atoms with Gasteiger partial charge in [-0.25, -0.2) is 0 Å². The summed E-state index contributed by atoms with van der Waals surface area (Å²) in [6.07, 6.45) is 0. The summed E-state index contributed by atoms with van der Waals surface area (Å²) in [5.74, 6) is 0. The van der Waals surface area contributed by atoms with Crippen LogP contribution in [0.4, 0.5) is 11.4 Å². The summed E-state index contributed by atoms with van der Waals surface area (Å²) in [6.45, 7) is 0. The molecule has 0 fully saturated rings. The number of anilines is 2. The molecule has 0 atom stereocenters. The van der Waals surface area contributed by atoms with E-state index in [1.54, 1.807) is 0 Å². The first-order valence-electron chi connectivity index (χ1n) is 5.22. The second kappa shape index (κ2) is 4.27. The lowest BCUT2D eigenvalue weighted by atomic mass is 10.0. The zero-order chi connectivity index (χ0) is 11.5. The fourth-order valence-electron chi connectivity index (χ4n) is 1.57. The van der Waals surface area contributed by atoms with Gasteiger partial charge in [-0.15, -0.1) is 0 Å². The molecule has 0 aromatic heterocycles. The largest absolute Gasteiger partial charge is 0.399 e. The van der Waals surface area contributed by atoms with Gasteiger partial charge in [-0.05, 0) is 29.3 Å². The molecule has 2 aromatic carbocycles. The van der Waals surface area contributed by atoms with Gasteiger partial charge < -0.3 is 10.6 Å². The second-order valence-corrected chi connectivity index (χ2v) is 3.98. The van der Waals surface area contributed by atoms with Gasteiger partial charge in [-0.2, -0.15) is 0 Å². The van der Waals surface area contributed by atoms with E-state index in [2.05, 4.69) is 18.2 Å². The van der Waals surface area contributed by atoms with Crippen molar-refractivity contribution in [2.45, 2.75) is 0 Å². The Labute approximate surface area is 96.3 Å². The molecule has 0 spiro atoms. The Morgan fingerprint density at radius 2 is 1.69 bits per heavy atom. The third-order valence-electron chi connectivity index (χ3n) is 2.51. The third-order valence-corrected chi connectivity index (χ3v) is 2.51. The summed E-state index contributed by atoms with van der Waals surface area (Å²) >= 11 is 0. The molecule has 0 aliphatic heterocycles. The zero-order valence-electron chi connectivity index (χ0n) is 9.57. The molecule has 2 nitrogen and oxygen atoms in total. The van der Waals surface area contributed by atoms with Crippen molar-refractivity contribution in [3.63, 3.8) is 0 Å². The molecule has 2 N–H and O–H groups in total. The molecule has 16 heavy (non-hydrogen) atoms. The SMILES string of the molecule is CN(C)c1[c]ccc(-c2ccc(N)cc2)c1. The van der Waals surface area contributed by atoms with E-state index in [0.717, 1.165) is 11.4 Å². The smallest absolute Gasteiger partial charge is 0.0447 e. The van der Waals surface area contributed by atoms with Crippen molar-refractivity contribution in [3.8, 4) is 11.1 Å². The molecule has 2 heteroatoms. The number of benzene rings is 2. The maximum Gasteiger partial charge on any atom is 0.0447 e. The van der Waals surface area contributed by atoms with Gasteiger partial charge in [0, 0.05) is 31.5 Å². The Morgan fingerprint density at radius 3 is 2.31 bits per heavy atom. The average Bonchev–Trinajstić information content (AvgIpc) is 2.30. The minimum atomic E-state index is 0.791. The van der Waals surface area contributed by atoms with Gasteiger partial charge in [0.1, 0.15) is 0 Å². The number of nitrogens with two attached hydrogens (primary N) is 1. The highest BCUT2D eigenvalue weighted by Gasteiger charge is 2.00. The van der Waals surface area contributed by atoms with Gasteiger partial charge >= 0.3 is 0 Å². The summed E-state index contributed by atoms with van der Waals surface area (Å²) < 4.78 is 0. The van der Waals surface area contributed by atoms with Crippen LogP contribution in [-0.4, -0.2) is 14.1 Å². The normalized spacial score (nSPS) is 10.1. The number of nitrogen functional groups attached to an aromatic ring is 1. The molecular weight excluding hydrogens is 196 g/mol. The first-order chi connectivity index (χ1) is 7.66. The Bertz CT molecular complexity index is 472. The van der Waals surface area contributed by atoms with Gasteiger partial charge in [-0.3, -0.25) is 0 Å². The van der Waals surface area contributed by atoms with Gasteiger partial charge in [-0.1, -0.05) is 24.3 Å². The maximum atomic E-state index is 5.67. The van der Waals surface area contributed by atoms with E-state index in [1.807, 2.05) is 49.3 Å². The number of nitrogens with zero attached hydrogens (tertiary/aromatic N) is 1. The monoisotopic (exact) mass is 211 g/mol. The van der Waals surface area contributed by atoms with Crippen LogP contribution in [-0.2, 0) is 0 Å². The predicted octanol–water partition coefficient (Wildman–Crippen LogP) is 2.80. The van der Waals surface area contributed by atoms with Crippen LogP contribution in [0, 0.1) is 6.07 Å². The standard InChI is InChI=1S/C14H15N2/c1-16(2)14-5-3-4-12(10-14)11-6-8-13(15)9-7-11/h3-4,6-10H,15H2,1-2H3. The highest BCUT2D eigenvalue weighted by Crippen LogP contribution is 2.24. The Kier molecular flexibility index (Phi) is 2.82. The van der Waals surface area contributed by atoms with E-state index < -0.39 is 0 Å². The van der Waals surface area contributed by atoms with E-state index in [9.17, 15) is 0 Å². The molecule has 0 amide bonds. The molecule has 81 valence electrons. The first-order valence-corrected chi connectivity index (χ1v) is 5.22. The summed E-state index contributed by atoms with van der Waals surface area (Å²) in [5, 5.41) is 0. The van der Waals surface area contributed by atoms with E-state index in [1.165, 1.54) is 11.1 Å². The molecule has 1 radical (unpaired) electrons. The van der Waals surface area contributed by atoms with Crippen LogP contribution < -0.4 is 10.6 Å². The van der Waals surface area contributed by atoms with Crippen molar-refractivity contribution in [2.24, 2.45) is 0 Å². The lowest BCUT2D eigenvalue weighted by Gasteiger charge is -2.13. The van der Waals surface area contributed by atoms with Crippen molar-refractivity contribution in [1.82, 2.24) is 0 Å². The van der Waals surface area contributed by atoms with Crippen molar-refractivity contribution in [1.29, 1.82) is 0 Å². The molecule has 2 rings (SSSR count). The van der Waals surface area contributed by atoms with E-state index in [4.69, 9.17) is 5.73 Å². The number of hydrogen-bond donors (Lipinski definition) is 1. The van der Waals surface area contributed by atoms with Gasteiger partial charge in [0.2, 0.25) is 0 Å². The van der Waals surface area contributed by atoms with Crippen LogP contribution in [0.15, 0.2) is 42.5 Å². The van der Waals surface area contributed by atoms with Crippen LogP contribution in [0.3, 0.4) is 0 Å². The lowest BCUT2D eigenvalue weighted by Crippen LogP contribution is -2.08. The second-order valence-electron chi connectivity index (χ2n) is 3.98. The van der Waals surface area contributed by atoms with E-state index >= 15 is 0 Å². The minimum absolute atomic E-state index is 0.791.